The normalized spacial score (nSPS) is 15.5. The number of benzene rings is 2. The molecule has 0 aromatic heterocycles. The molecule has 30 heavy (non-hydrogen) atoms. The molecule has 1 heterocycles. The van der Waals surface area contributed by atoms with Gasteiger partial charge in [-0.05, 0) is 49.4 Å². The lowest BCUT2D eigenvalue weighted by molar-refractivity contribution is -0.141. The van der Waals surface area contributed by atoms with Gasteiger partial charge in [-0.1, -0.05) is 42.5 Å². The number of ether oxygens (including phenoxy) is 1. The number of methoxy groups -OCH3 is 1. The number of piperidine rings is 1. The number of hydrogen-bond acceptors (Lipinski definition) is 3. The lowest BCUT2D eigenvalue weighted by Crippen LogP contribution is -2.44. The van der Waals surface area contributed by atoms with E-state index in [-0.39, 0.29) is 23.8 Å². The molecule has 0 saturated carbocycles. The number of carbonyl (C=O) groups excluding carboxylic acids is 2. The number of aryl methyl sites for hydroxylation is 1. The highest BCUT2D eigenvalue weighted by molar-refractivity contribution is 5.80. The number of nitrogens with zero attached hydrogens (tertiary/aromatic N) is 2. The van der Waals surface area contributed by atoms with Gasteiger partial charge in [-0.15, -0.1) is 0 Å². The lowest BCUT2D eigenvalue weighted by Gasteiger charge is -2.35. The highest BCUT2D eigenvalue weighted by Crippen LogP contribution is 2.26. The third-order valence-electron chi connectivity index (χ3n) is 6.19. The summed E-state index contributed by atoms with van der Waals surface area (Å²) in [5.74, 6) is 1.14. The number of amides is 2. The van der Waals surface area contributed by atoms with Crippen LogP contribution in [-0.4, -0.2) is 48.9 Å². The monoisotopic (exact) mass is 408 g/mol. The van der Waals surface area contributed by atoms with Crippen LogP contribution in [-0.2, 0) is 16.0 Å². The van der Waals surface area contributed by atoms with Crippen molar-refractivity contribution < 1.29 is 14.3 Å². The van der Waals surface area contributed by atoms with Gasteiger partial charge in [0.1, 0.15) is 5.75 Å². The zero-order valence-corrected chi connectivity index (χ0v) is 18.2. The first-order valence-corrected chi connectivity index (χ1v) is 10.7. The highest BCUT2D eigenvalue weighted by atomic mass is 16.5. The summed E-state index contributed by atoms with van der Waals surface area (Å²) in [4.78, 5) is 29.3. The maximum atomic E-state index is 13.0. The Morgan fingerprint density at radius 2 is 1.70 bits per heavy atom. The van der Waals surface area contributed by atoms with Gasteiger partial charge in [-0.3, -0.25) is 9.59 Å². The SMILES string of the molecule is COc1ccc(C(C)N(C)C(=O)C2CCN(C(=O)CCc3ccccc3)CC2)cc1. The molecule has 0 N–H and O–H groups in total. The predicted octanol–water partition coefficient (Wildman–Crippen LogP) is 4.09. The van der Waals surface area contributed by atoms with Crippen molar-refractivity contribution in [2.75, 3.05) is 27.2 Å². The first kappa shape index (κ1) is 21.9. The van der Waals surface area contributed by atoms with Gasteiger partial charge in [0.2, 0.25) is 11.8 Å². The number of likely N-dealkylation sites (tertiary alicyclic amines) is 1. The maximum Gasteiger partial charge on any atom is 0.226 e. The van der Waals surface area contributed by atoms with Crippen LogP contribution < -0.4 is 4.74 Å². The van der Waals surface area contributed by atoms with Crippen molar-refractivity contribution in [2.24, 2.45) is 5.92 Å². The Balaban J connectivity index is 1.48. The van der Waals surface area contributed by atoms with E-state index in [1.165, 1.54) is 5.56 Å². The molecule has 1 fully saturated rings. The maximum absolute atomic E-state index is 13.0. The van der Waals surface area contributed by atoms with Gasteiger partial charge in [0.05, 0.1) is 13.2 Å². The molecule has 0 bridgehead atoms. The van der Waals surface area contributed by atoms with Crippen LogP contribution in [0.2, 0.25) is 0 Å². The molecule has 1 atom stereocenters. The van der Waals surface area contributed by atoms with Gasteiger partial charge in [-0.25, -0.2) is 0 Å². The molecule has 0 spiro atoms. The summed E-state index contributed by atoms with van der Waals surface area (Å²) in [6, 6.07) is 17.9. The molecule has 0 aliphatic carbocycles. The van der Waals surface area contributed by atoms with E-state index in [0.717, 1.165) is 30.6 Å². The topological polar surface area (TPSA) is 49.9 Å². The van der Waals surface area contributed by atoms with E-state index < -0.39 is 0 Å². The lowest BCUT2D eigenvalue weighted by atomic mass is 9.94. The quantitative estimate of drug-likeness (QED) is 0.693. The molecule has 3 rings (SSSR count). The Morgan fingerprint density at radius 3 is 2.30 bits per heavy atom. The van der Waals surface area contributed by atoms with E-state index in [0.29, 0.717) is 19.5 Å². The summed E-state index contributed by atoms with van der Waals surface area (Å²) in [5.41, 5.74) is 2.27. The summed E-state index contributed by atoms with van der Waals surface area (Å²) in [7, 11) is 3.52. The summed E-state index contributed by atoms with van der Waals surface area (Å²) in [5, 5.41) is 0. The third-order valence-corrected chi connectivity index (χ3v) is 6.19. The zero-order chi connectivity index (χ0) is 21.5. The molecule has 1 aliphatic heterocycles. The molecule has 2 aromatic rings. The Kier molecular flexibility index (Phi) is 7.50. The van der Waals surface area contributed by atoms with Crippen LogP contribution in [0.25, 0.3) is 0 Å². The predicted molar refractivity (Wildman–Crippen MR) is 118 cm³/mol. The van der Waals surface area contributed by atoms with Crippen molar-refractivity contribution in [1.82, 2.24) is 9.80 Å². The van der Waals surface area contributed by atoms with Crippen LogP contribution in [0.1, 0.15) is 43.4 Å². The van der Waals surface area contributed by atoms with Crippen LogP contribution in [0.15, 0.2) is 54.6 Å². The van der Waals surface area contributed by atoms with Crippen LogP contribution in [0.4, 0.5) is 0 Å². The molecule has 1 saturated heterocycles. The third kappa shape index (κ3) is 5.41. The molecule has 0 radical (unpaired) electrons. The fourth-order valence-corrected chi connectivity index (χ4v) is 4.01. The second-order valence-corrected chi connectivity index (χ2v) is 8.04. The Morgan fingerprint density at radius 1 is 1.07 bits per heavy atom. The number of rotatable bonds is 7. The molecule has 1 unspecified atom stereocenters. The van der Waals surface area contributed by atoms with Gasteiger partial charge in [-0.2, -0.15) is 0 Å². The molecule has 2 amide bonds. The van der Waals surface area contributed by atoms with Crippen LogP contribution in [0.5, 0.6) is 5.75 Å². The Bertz CT molecular complexity index is 827. The minimum absolute atomic E-state index is 0.00561. The van der Waals surface area contributed by atoms with Gasteiger partial charge in [0.25, 0.3) is 0 Å². The van der Waals surface area contributed by atoms with Crippen LogP contribution in [0, 0.1) is 5.92 Å². The van der Waals surface area contributed by atoms with E-state index in [4.69, 9.17) is 4.74 Å². The standard InChI is InChI=1S/C25H32N2O3/c1-19(21-10-12-23(30-3)13-11-21)26(2)25(29)22-15-17-27(18-16-22)24(28)14-9-20-7-5-4-6-8-20/h4-8,10-13,19,22H,9,14-18H2,1-3H3. The highest BCUT2D eigenvalue weighted by Gasteiger charge is 2.30. The Labute approximate surface area is 179 Å². The second kappa shape index (κ2) is 10.3. The van der Waals surface area contributed by atoms with Gasteiger partial charge < -0.3 is 14.5 Å². The van der Waals surface area contributed by atoms with E-state index in [2.05, 4.69) is 12.1 Å². The first-order valence-electron chi connectivity index (χ1n) is 10.7. The zero-order valence-electron chi connectivity index (χ0n) is 18.2. The molecule has 5 nitrogen and oxygen atoms in total. The van der Waals surface area contributed by atoms with Crippen molar-refractivity contribution in [1.29, 1.82) is 0 Å². The van der Waals surface area contributed by atoms with Crippen LogP contribution >= 0.6 is 0 Å². The van der Waals surface area contributed by atoms with Crippen molar-refractivity contribution in [3.05, 3.63) is 65.7 Å². The molecule has 160 valence electrons. The van der Waals surface area contributed by atoms with E-state index >= 15 is 0 Å². The number of carbonyl (C=O) groups is 2. The molecule has 2 aromatic carbocycles. The van der Waals surface area contributed by atoms with Gasteiger partial charge in [0.15, 0.2) is 0 Å². The summed E-state index contributed by atoms with van der Waals surface area (Å²) in [6.07, 6.45) is 2.75. The Hall–Kier alpha value is -2.82. The number of hydrogen-bond donors (Lipinski definition) is 0. The van der Waals surface area contributed by atoms with Gasteiger partial charge >= 0.3 is 0 Å². The van der Waals surface area contributed by atoms with E-state index in [1.54, 1.807) is 7.11 Å². The largest absolute Gasteiger partial charge is 0.497 e. The molecular weight excluding hydrogens is 376 g/mol. The first-order chi connectivity index (χ1) is 14.5. The summed E-state index contributed by atoms with van der Waals surface area (Å²) in [6.45, 7) is 3.37. The summed E-state index contributed by atoms with van der Waals surface area (Å²) >= 11 is 0. The fourth-order valence-electron chi connectivity index (χ4n) is 4.01. The average molecular weight is 409 g/mol. The average Bonchev–Trinajstić information content (AvgIpc) is 2.82. The van der Waals surface area contributed by atoms with Crippen molar-refractivity contribution in [3.8, 4) is 5.75 Å². The molecule has 1 aliphatic rings. The smallest absolute Gasteiger partial charge is 0.226 e. The van der Waals surface area contributed by atoms with Crippen molar-refractivity contribution in [2.45, 2.75) is 38.6 Å². The van der Waals surface area contributed by atoms with Gasteiger partial charge in [0, 0.05) is 32.5 Å². The van der Waals surface area contributed by atoms with E-state index in [1.807, 2.05) is 66.2 Å². The fraction of sp³-hybridized carbons (Fsp3) is 0.440. The minimum atomic E-state index is -0.0196. The van der Waals surface area contributed by atoms with Crippen LogP contribution in [0.3, 0.4) is 0 Å². The summed E-state index contributed by atoms with van der Waals surface area (Å²) < 4.78 is 5.21. The van der Waals surface area contributed by atoms with Crippen molar-refractivity contribution >= 4 is 11.8 Å². The van der Waals surface area contributed by atoms with E-state index in [9.17, 15) is 9.59 Å². The van der Waals surface area contributed by atoms with Crippen molar-refractivity contribution in [3.63, 3.8) is 0 Å². The minimum Gasteiger partial charge on any atom is -0.497 e. The molecule has 5 heteroatoms. The molecular formula is C25H32N2O3. The second-order valence-electron chi connectivity index (χ2n) is 8.04.